The highest BCUT2D eigenvalue weighted by Gasteiger charge is 2.38. The SMILES string of the molecule is CC(=O)Nc1nonc1N1C(=N)SC(=Cc2cn(Cc3ccc(Cl)c(Cl)c3)c3ccccc23)C1=O. The quantitative estimate of drug-likeness (QED) is 0.336. The second kappa shape index (κ2) is 9.21. The third-order valence-electron chi connectivity index (χ3n) is 5.24. The summed E-state index contributed by atoms with van der Waals surface area (Å²) < 4.78 is 6.75. The molecule has 0 atom stereocenters. The number of carbonyl (C=O) groups excluding carboxylic acids is 2. The number of halogens is 2. The molecule has 0 radical (unpaired) electrons. The molecule has 3 heterocycles. The van der Waals surface area contributed by atoms with Gasteiger partial charge in [-0.15, -0.1) is 0 Å². The molecular weight excluding hydrogens is 511 g/mol. The molecule has 12 heteroatoms. The molecule has 0 aliphatic carbocycles. The average Bonchev–Trinajstić information content (AvgIpc) is 3.47. The Morgan fingerprint density at radius 1 is 1.20 bits per heavy atom. The van der Waals surface area contributed by atoms with E-state index in [-0.39, 0.29) is 16.8 Å². The molecule has 1 aliphatic rings. The molecule has 2 aromatic heterocycles. The lowest BCUT2D eigenvalue weighted by Crippen LogP contribution is -2.29. The molecule has 2 aromatic carbocycles. The zero-order valence-corrected chi connectivity index (χ0v) is 20.4. The first-order chi connectivity index (χ1) is 16.8. The Morgan fingerprint density at radius 2 is 2.00 bits per heavy atom. The second-order valence-electron chi connectivity index (χ2n) is 7.65. The van der Waals surface area contributed by atoms with Crippen molar-refractivity contribution >= 4 is 80.6 Å². The summed E-state index contributed by atoms with van der Waals surface area (Å²) in [5.74, 6) is -0.953. The maximum Gasteiger partial charge on any atom is 0.272 e. The summed E-state index contributed by atoms with van der Waals surface area (Å²) >= 11 is 13.2. The number of nitrogens with one attached hydrogen (secondary N) is 2. The van der Waals surface area contributed by atoms with Gasteiger partial charge in [0.15, 0.2) is 5.17 Å². The minimum atomic E-state index is -0.469. The Hall–Kier alpha value is -3.60. The number of aromatic nitrogens is 3. The van der Waals surface area contributed by atoms with Crippen LogP contribution in [0.15, 0.2) is 58.2 Å². The fraction of sp³-hybridized carbons (Fsp3) is 0.0870. The van der Waals surface area contributed by atoms with E-state index >= 15 is 0 Å². The third-order valence-corrected chi connectivity index (χ3v) is 6.87. The van der Waals surface area contributed by atoms with Crippen molar-refractivity contribution in [3.8, 4) is 0 Å². The number of amidine groups is 1. The Balaban J connectivity index is 1.50. The molecule has 35 heavy (non-hydrogen) atoms. The van der Waals surface area contributed by atoms with Crippen molar-refractivity contribution in [1.29, 1.82) is 5.41 Å². The summed E-state index contributed by atoms with van der Waals surface area (Å²) in [6.07, 6.45) is 3.68. The maximum absolute atomic E-state index is 13.2. The first kappa shape index (κ1) is 23.2. The number of benzene rings is 2. The van der Waals surface area contributed by atoms with Gasteiger partial charge in [-0.3, -0.25) is 15.0 Å². The first-order valence-corrected chi connectivity index (χ1v) is 11.8. The Morgan fingerprint density at radius 3 is 2.77 bits per heavy atom. The van der Waals surface area contributed by atoms with E-state index in [1.54, 1.807) is 12.1 Å². The maximum atomic E-state index is 13.2. The van der Waals surface area contributed by atoms with Gasteiger partial charge in [0.1, 0.15) is 0 Å². The second-order valence-corrected chi connectivity index (χ2v) is 9.50. The highest BCUT2D eigenvalue weighted by Crippen LogP contribution is 2.38. The highest BCUT2D eigenvalue weighted by molar-refractivity contribution is 8.19. The number of nitrogens with zero attached hydrogens (tertiary/aromatic N) is 4. The lowest BCUT2D eigenvalue weighted by molar-refractivity contribution is -0.114. The highest BCUT2D eigenvalue weighted by atomic mass is 35.5. The van der Waals surface area contributed by atoms with E-state index in [9.17, 15) is 9.59 Å². The van der Waals surface area contributed by atoms with Crippen LogP contribution in [0.25, 0.3) is 17.0 Å². The lowest BCUT2D eigenvalue weighted by atomic mass is 10.1. The molecule has 1 fully saturated rings. The van der Waals surface area contributed by atoms with Crippen molar-refractivity contribution in [2.24, 2.45) is 0 Å². The summed E-state index contributed by atoms with van der Waals surface area (Å²) in [6.45, 7) is 1.84. The summed E-state index contributed by atoms with van der Waals surface area (Å²) in [6, 6.07) is 13.3. The summed E-state index contributed by atoms with van der Waals surface area (Å²) in [5.41, 5.74) is 2.76. The van der Waals surface area contributed by atoms with Gasteiger partial charge in [-0.25, -0.2) is 9.53 Å². The van der Waals surface area contributed by atoms with E-state index in [0.29, 0.717) is 21.5 Å². The zero-order chi connectivity index (χ0) is 24.7. The standard InChI is InChI=1S/C23H16Cl2N6O3S/c1-12(32)27-20-21(29-34-28-20)31-22(33)19(35-23(31)26)9-14-11-30(18-5-3-2-4-15(14)18)10-13-6-7-16(24)17(25)8-13/h2-9,11,26H,10H2,1H3,(H,27,28,32). The number of rotatable bonds is 5. The van der Waals surface area contributed by atoms with Crippen LogP contribution in [0.5, 0.6) is 0 Å². The molecule has 2 N–H and O–H groups in total. The van der Waals surface area contributed by atoms with Crippen LogP contribution >= 0.6 is 35.0 Å². The van der Waals surface area contributed by atoms with E-state index in [4.69, 9.17) is 28.6 Å². The summed E-state index contributed by atoms with van der Waals surface area (Å²) in [4.78, 5) is 26.0. The van der Waals surface area contributed by atoms with Crippen molar-refractivity contribution in [3.05, 3.63) is 74.7 Å². The molecule has 0 spiro atoms. The number of fused-ring (bicyclic) bond motifs is 1. The Labute approximate surface area is 213 Å². The summed E-state index contributed by atoms with van der Waals surface area (Å²) in [7, 11) is 0. The number of hydrogen-bond donors (Lipinski definition) is 2. The van der Waals surface area contributed by atoms with Gasteiger partial charge in [0.25, 0.3) is 5.91 Å². The summed E-state index contributed by atoms with van der Waals surface area (Å²) in [5, 5.41) is 19.9. The monoisotopic (exact) mass is 526 g/mol. The molecule has 176 valence electrons. The number of anilines is 2. The molecular formula is C23H16Cl2N6O3S. The minimum absolute atomic E-state index is 0.0318. The average molecular weight is 527 g/mol. The molecule has 0 saturated carbocycles. The third kappa shape index (κ3) is 4.43. The normalized spacial score (nSPS) is 14.9. The molecule has 4 aromatic rings. The number of hydrogen-bond acceptors (Lipinski definition) is 7. The van der Waals surface area contributed by atoms with Crippen LogP contribution < -0.4 is 10.2 Å². The molecule has 0 bridgehead atoms. The molecule has 5 rings (SSSR count). The molecule has 2 amide bonds. The lowest BCUT2D eigenvalue weighted by Gasteiger charge is -2.10. The van der Waals surface area contributed by atoms with E-state index in [2.05, 4.69) is 24.8 Å². The van der Waals surface area contributed by atoms with Crippen LogP contribution in [0.1, 0.15) is 18.1 Å². The van der Waals surface area contributed by atoms with E-state index in [1.807, 2.05) is 42.6 Å². The van der Waals surface area contributed by atoms with Gasteiger partial charge in [0, 0.05) is 36.1 Å². The van der Waals surface area contributed by atoms with Crippen molar-refractivity contribution in [2.45, 2.75) is 13.5 Å². The molecule has 9 nitrogen and oxygen atoms in total. The van der Waals surface area contributed by atoms with Gasteiger partial charge in [0.2, 0.25) is 17.5 Å². The number of thioether (sulfide) groups is 1. The number of para-hydroxylation sites is 1. The number of amides is 2. The van der Waals surface area contributed by atoms with Gasteiger partial charge in [-0.05, 0) is 51.9 Å². The van der Waals surface area contributed by atoms with Crippen LogP contribution in [0.4, 0.5) is 11.6 Å². The van der Waals surface area contributed by atoms with Crippen LogP contribution in [0.3, 0.4) is 0 Å². The molecule has 0 unspecified atom stereocenters. The van der Waals surface area contributed by atoms with Gasteiger partial charge in [0.05, 0.1) is 15.0 Å². The molecule has 1 saturated heterocycles. The van der Waals surface area contributed by atoms with Gasteiger partial charge < -0.3 is 9.88 Å². The van der Waals surface area contributed by atoms with Gasteiger partial charge in [-0.1, -0.05) is 47.5 Å². The van der Waals surface area contributed by atoms with E-state index in [0.717, 1.165) is 38.7 Å². The van der Waals surface area contributed by atoms with Crippen molar-refractivity contribution in [3.63, 3.8) is 0 Å². The van der Waals surface area contributed by atoms with Crippen molar-refractivity contribution < 1.29 is 14.2 Å². The minimum Gasteiger partial charge on any atom is -0.342 e. The van der Waals surface area contributed by atoms with E-state index in [1.165, 1.54) is 6.92 Å². The fourth-order valence-corrected chi connectivity index (χ4v) is 4.91. The first-order valence-electron chi connectivity index (χ1n) is 10.3. The van der Waals surface area contributed by atoms with Gasteiger partial charge in [-0.2, -0.15) is 0 Å². The van der Waals surface area contributed by atoms with Crippen molar-refractivity contribution in [1.82, 2.24) is 14.9 Å². The van der Waals surface area contributed by atoms with Gasteiger partial charge >= 0.3 is 0 Å². The predicted molar refractivity (Wildman–Crippen MR) is 137 cm³/mol. The topological polar surface area (TPSA) is 117 Å². The Kier molecular flexibility index (Phi) is 6.10. The van der Waals surface area contributed by atoms with Crippen LogP contribution in [0, 0.1) is 5.41 Å². The zero-order valence-electron chi connectivity index (χ0n) is 18.1. The van der Waals surface area contributed by atoms with Crippen LogP contribution in [-0.4, -0.2) is 31.9 Å². The fourth-order valence-electron chi connectivity index (χ4n) is 3.75. The largest absolute Gasteiger partial charge is 0.342 e. The van der Waals surface area contributed by atoms with Crippen LogP contribution in [0.2, 0.25) is 10.0 Å². The van der Waals surface area contributed by atoms with Crippen LogP contribution in [-0.2, 0) is 16.1 Å². The predicted octanol–water partition coefficient (Wildman–Crippen LogP) is 5.39. The number of carbonyl (C=O) groups is 2. The Bertz CT molecular complexity index is 1540. The van der Waals surface area contributed by atoms with Crippen molar-refractivity contribution in [2.75, 3.05) is 10.2 Å². The smallest absolute Gasteiger partial charge is 0.272 e. The molecule has 1 aliphatic heterocycles. The van der Waals surface area contributed by atoms with E-state index < -0.39 is 11.8 Å².